The molecule has 0 saturated heterocycles. The first-order chi connectivity index (χ1) is 10.8. The van der Waals surface area contributed by atoms with Gasteiger partial charge < -0.3 is 9.47 Å². The van der Waals surface area contributed by atoms with E-state index in [0.29, 0.717) is 18.9 Å². The molecule has 0 N–H and O–H groups in total. The fraction of sp³-hybridized carbons (Fsp3) is 0.250. The second kappa shape index (κ2) is 6.70. The summed E-state index contributed by atoms with van der Waals surface area (Å²) in [5.41, 5.74) is 0.790. The molecule has 4 nitrogen and oxygen atoms in total. The Hall–Kier alpha value is -2.21. The van der Waals surface area contributed by atoms with Gasteiger partial charge in [-0.25, -0.2) is 0 Å². The van der Waals surface area contributed by atoms with E-state index in [1.54, 1.807) is 24.5 Å². The summed E-state index contributed by atoms with van der Waals surface area (Å²) in [5, 5.41) is 9.34. The van der Waals surface area contributed by atoms with Gasteiger partial charge in [0.2, 0.25) is 5.88 Å². The molecule has 3 aromatic rings. The van der Waals surface area contributed by atoms with E-state index in [1.165, 1.54) is 0 Å². The molecule has 0 aliphatic carbocycles. The van der Waals surface area contributed by atoms with Gasteiger partial charge in [0.05, 0.1) is 25.3 Å². The zero-order chi connectivity index (χ0) is 15.4. The number of benzene rings is 1. The Morgan fingerprint density at radius 2 is 2.05 bits per heavy atom. The van der Waals surface area contributed by atoms with Crippen molar-refractivity contribution < 1.29 is 13.9 Å². The van der Waals surface area contributed by atoms with Crippen LogP contribution in [-0.4, -0.2) is 30.6 Å². The van der Waals surface area contributed by atoms with Gasteiger partial charge in [-0.1, -0.05) is 0 Å². The number of rotatable bonds is 6. The Bertz CT molecular complexity index is 758. The third-order valence-corrected chi connectivity index (χ3v) is 4.27. The number of thiophene rings is 1. The van der Waals surface area contributed by atoms with Crippen LogP contribution in [0.2, 0.25) is 0 Å². The van der Waals surface area contributed by atoms with Crippen molar-refractivity contribution in [1.29, 1.82) is 0 Å². The van der Waals surface area contributed by atoms with Gasteiger partial charge in [-0.15, -0.1) is 21.5 Å². The molecule has 1 aromatic carbocycles. The number of nitrogens with zero attached hydrogens (tertiary/aromatic N) is 2. The van der Waals surface area contributed by atoms with Crippen LogP contribution in [0.5, 0.6) is 11.6 Å². The van der Waals surface area contributed by atoms with E-state index in [9.17, 15) is 4.39 Å². The average Bonchev–Trinajstić information content (AvgIpc) is 2.98. The van der Waals surface area contributed by atoms with Crippen LogP contribution in [0, 0.1) is 0 Å². The highest BCUT2D eigenvalue weighted by Gasteiger charge is 2.08. The number of hydrogen-bond acceptors (Lipinski definition) is 5. The highest BCUT2D eigenvalue weighted by molar-refractivity contribution is 7.22. The largest absolute Gasteiger partial charge is 0.497 e. The molecule has 3 rings (SSSR count). The predicted molar refractivity (Wildman–Crippen MR) is 85.5 cm³/mol. The van der Waals surface area contributed by atoms with Gasteiger partial charge >= 0.3 is 0 Å². The molecule has 6 heteroatoms. The summed E-state index contributed by atoms with van der Waals surface area (Å²) in [6.45, 7) is -0.0794. The Morgan fingerprint density at radius 3 is 2.77 bits per heavy atom. The van der Waals surface area contributed by atoms with Gasteiger partial charge in [0.15, 0.2) is 0 Å². The maximum absolute atomic E-state index is 12.0. The molecule has 0 fully saturated rings. The Balaban J connectivity index is 1.81. The smallest absolute Gasteiger partial charge is 0.233 e. The summed E-state index contributed by atoms with van der Waals surface area (Å²) in [6.07, 6.45) is 0.363. The van der Waals surface area contributed by atoms with E-state index < -0.39 is 6.67 Å². The quantitative estimate of drug-likeness (QED) is 0.642. The van der Waals surface area contributed by atoms with E-state index in [4.69, 9.17) is 9.47 Å². The molecule has 0 unspecified atom stereocenters. The molecular weight excluding hydrogens is 303 g/mol. The molecule has 2 heterocycles. The molecule has 0 bridgehead atoms. The number of ether oxygens (including phenoxy) is 2. The molecule has 0 aliphatic rings. The van der Waals surface area contributed by atoms with E-state index in [2.05, 4.69) is 16.3 Å². The zero-order valence-corrected chi connectivity index (χ0v) is 12.9. The first-order valence-electron chi connectivity index (χ1n) is 6.90. The number of hydrogen-bond donors (Lipinski definition) is 0. The van der Waals surface area contributed by atoms with Gasteiger partial charge in [0, 0.05) is 17.2 Å². The van der Waals surface area contributed by atoms with Crippen molar-refractivity contribution in [2.75, 3.05) is 20.4 Å². The first kappa shape index (κ1) is 14.7. The van der Waals surface area contributed by atoms with Crippen molar-refractivity contribution in [3.8, 4) is 22.2 Å². The van der Waals surface area contributed by atoms with Gasteiger partial charge in [-0.05, 0) is 35.7 Å². The van der Waals surface area contributed by atoms with Gasteiger partial charge in [-0.3, -0.25) is 4.39 Å². The predicted octanol–water partition coefficient (Wildman–Crippen LogP) is 4.11. The first-order valence-corrected chi connectivity index (χ1v) is 7.72. The minimum atomic E-state index is -0.392. The van der Waals surface area contributed by atoms with E-state index in [1.807, 2.05) is 24.3 Å². The summed E-state index contributed by atoms with van der Waals surface area (Å²) in [5.74, 6) is 1.25. The van der Waals surface area contributed by atoms with Crippen molar-refractivity contribution in [2.45, 2.75) is 6.42 Å². The molecule has 114 valence electrons. The minimum absolute atomic E-state index is 0.313. The van der Waals surface area contributed by atoms with Crippen LogP contribution >= 0.6 is 11.3 Å². The number of methoxy groups -OCH3 is 1. The third-order valence-electron chi connectivity index (χ3n) is 3.15. The van der Waals surface area contributed by atoms with E-state index in [0.717, 1.165) is 26.4 Å². The van der Waals surface area contributed by atoms with Gasteiger partial charge in [-0.2, -0.15) is 0 Å². The second-order valence-corrected chi connectivity index (χ2v) is 5.75. The van der Waals surface area contributed by atoms with Crippen LogP contribution in [0.3, 0.4) is 0 Å². The lowest BCUT2D eigenvalue weighted by atomic mass is 10.2. The van der Waals surface area contributed by atoms with Crippen molar-refractivity contribution in [3.63, 3.8) is 0 Å². The standard InChI is InChI=1S/C16H15FN2O2S/c1-20-12-4-3-11-9-15(22-14(11)10-12)13-5-6-16(19-18-13)21-8-2-7-17/h3-6,9-10H,2,7-8H2,1H3. The normalized spacial score (nSPS) is 10.8. The summed E-state index contributed by atoms with van der Waals surface area (Å²) in [6, 6.07) is 11.7. The highest BCUT2D eigenvalue weighted by atomic mass is 32.1. The molecule has 0 spiro atoms. The van der Waals surface area contributed by atoms with Crippen molar-refractivity contribution in [1.82, 2.24) is 10.2 Å². The average molecular weight is 318 g/mol. The molecule has 2 aromatic heterocycles. The van der Waals surface area contributed by atoms with Crippen LogP contribution < -0.4 is 9.47 Å². The fourth-order valence-corrected chi connectivity index (χ4v) is 3.08. The molecule has 0 amide bonds. The Morgan fingerprint density at radius 1 is 1.14 bits per heavy atom. The third kappa shape index (κ3) is 3.17. The number of fused-ring (bicyclic) bond motifs is 1. The van der Waals surface area contributed by atoms with Crippen LogP contribution in [0.25, 0.3) is 20.7 Å². The Kier molecular flexibility index (Phi) is 4.48. The monoisotopic (exact) mass is 318 g/mol. The zero-order valence-electron chi connectivity index (χ0n) is 12.1. The topological polar surface area (TPSA) is 44.2 Å². The van der Waals surface area contributed by atoms with Crippen LogP contribution in [-0.2, 0) is 0 Å². The van der Waals surface area contributed by atoms with E-state index in [-0.39, 0.29) is 0 Å². The minimum Gasteiger partial charge on any atom is -0.497 e. The highest BCUT2D eigenvalue weighted by Crippen LogP contribution is 2.34. The second-order valence-electron chi connectivity index (χ2n) is 4.66. The van der Waals surface area contributed by atoms with Crippen molar-refractivity contribution >= 4 is 21.4 Å². The van der Waals surface area contributed by atoms with Crippen LogP contribution in [0.15, 0.2) is 36.4 Å². The number of halogens is 1. The number of aromatic nitrogens is 2. The summed E-state index contributed by atoms with van der Waals surface area (Å²) in [7, 11) is 1.66. The SMILES string of the molecule is COc1ccc2cc(-c3ccc(OCCCF)nn3)sc2c1. The van der Waals surface area contributed by atoms with E-state index >= 15 is 0 Å². The number of alkyl halides is 1. The Labute approximate surface area is 131 Å². The van der Waals surface area contributed by atoms with Crippen LogP contribution in [0.4, 0.5) is 4.39 Å². The summed E-state index contributed by atoms with van der Waals surface area (Å²) >= 11 is 1.63. The van der Waals surface area contributed by atoms with Crippen molar-refractivity contribution in [2.24, 2.45) is 0 Å². The molecule has 0 saturated carbocycles. The van der Waals surface area contributed by atoms with Gasteiger partial charge in [0.25, 0.3) is 0 Å². The lowest BCUT2D eigenvalue weighted by Gasteiger charge is -2.02. The fourth-order valence-electron chi connectivity index (χ4n) is 2.02. The lowest BCUT2D eigenvalue weighted by Crippen LogP contribution is -2.00. The molecule has 0 aliphatic heterocycles. The maximum Gasteiger partial charge on any atom is 0.233 e. The lowest BCUT2D eigenvalue weighted by molar-refractivity contribution is 0.277. The molecule has 0 atom stereocenters. The summed E-state index contributed by atoms with van der Waals surface area (Å²) < 4.78 is 23.7. The summed E-state index contributed by atoms with van der Waals surface area (Å²) in [4.78, 5) is 1.03. The van der Waals surface area contributed by atoms with Gasteiger partial charge in [0.1, 0.15) is 11.4 Å². The molecule has 22 heavy (non-hydrogen) atoms. The molecular formula is C16H15FN2O2S. The van der Waals surface area contributed by atoms with Crippen molar-refractivity contribution in [3.05, 3.63) is 36.4 Å². The van der Waals surface area contributed by atoms with Crippen LogP contribution in [0.1, 0.15) is 6.42 Å². The maximum atomic E-state index is 12.0. The molecule has 0 radical (unpaired) electrons.